The second-order valence-corrected chi connectivity index (χ2v) is 6.05. The van der Waals surface area contributed by atoms with Crippen LogP contribution >= 0.6 is 0 Å². The van der Waals surface area contributed by atoms with Gasteiger partial charge in [0.15, 0.2) is 0 Å². The fourth-order valence-electron chi connectivity index (χ4n) is 3.59. The Kier molecular flexibility index (Phi) is 5.93. The molecule has 2 aliphatic rings. The highest BCUT2D eigenvalue weighted by Crippen LogP contribution is 2.28. The molecule has 106 valence electrons. The summed E-state index contributed by atoms with van der Waals surface area (Å²) in [6, 6.07) is 0.812. The van der Waals surface area contributed by atoms with Crippen LogP contribution in [0, 0.1) is 5.92 Å². The lowest BCUT2D eigenvalue weighted by Crippen LogP contribution is -2.46. The van der Waals surface area contributed by atoms with Gasteiger partial charge in [0, 0.05) is 19.7 Å². The third-order valence-corrected chi connectivity index (χ3v) is 4.74. The van der Waals surface area contributed by atoms with Gasteiger partial charge in [-0.15, -0.1) is 0 Å². The lowest BCUT2D eigenvalue weighted by Gasteiger charge is -2.39. The van der Waals surface area contributed by atoms with Gasteiger partial charge in [0.2, 0.25) is 0 Å². The van der Waals surface area contributed by atoms with Crippen molar-refractivity contribution in [2.75, 3.05) is 33.3 Å². The molecule has 2 heterocycles. The molecule has 2 unspecified atom stereocenters. The van der Waals surface area contributed by atoms with Crippen molar-refractivity contribution < 1.29 is 4.74 Å². The molecule has 1 N–H and O–H groups in total. The van der Waals surface area contributed by atoms with Crippen LogP contribution in [0.5, 0.6) is 0 Å². The molecule has 0 amide bonds. The van der Waals surface area contributed by atoms with Crippen LogP contribution in [0.15, 0.2) is 0 Å². The minimum atomic E-state index is 0.368. The van der Waals surface area contributed by atoms with E-state index in [9.17, 15) is 0 Å². The van der Waals surface area contributed by atoms with E-state index in [1.54, 1.807) is 0 Å². The van der Waals surface area contributed by atoms with E-state index < -0.39 is 0 Å². The molecule has 0 aliphatic carbocycles. The summed E-state index contributed by atoms with van der Waals surface area (Å²) in [4.78, 5) is 2.73. The molecular weight excluding hydrogens is 224 g/mol. The molecular formula is C15H30N2O. The Bertz CT molecular complexity index is 229. The van der Waals surface area contributed by atoms with Crippen LogP contribution in [0.4, 0.5) is 0 Å². The van der Waals surface area contributed by atoms with Crippen molar-refractivity contribution in [1.29, 1.82) is 0 Å². The van der Waals surface area contributed by atoms with Gasteiger partial charge < -0.3 is 10.1 Å². The summed E-state index contributed by atoms with van der Waals surface area (Å²) >= 11 is 0. The number of methoxy groups -OCH3 is 1. The third kappa shape index (κ3) is 3.94. The molecule has 2 fully saturated rings. The van der Waals surface area contributed by atoms with Crippen molar-refractivity contribution in [3.8, 4) is 0 Å². The van der Waals surface area contributed by atoms with E-state index >= 15 is 0 Å². The van der Waals surface area contributed by atoms with Crippen LogP contribution in [0.2, 0.25) is 0 Å². The number of ether oxygens (including phenoxy) is 1. The summed E-state index contributed by atoms with van der Waals surface area (Å²) in [5, 5.41) is 3.49. The molecule has 3 nitrogen and oxygen atoms in total. The summed E-state index contributed by atoms with van der Waals surface area (Å²) in [7, 11) is 1.84. The minimum absolute atomic E-state index is 0.368. The predicted molar refractivity (Wildman–Crippen MR) is 75.9 cm³/mol. The summed E-state index contributed by atoms with van der Waals surface area (Å²) in [6.45, 7) is 7.03. The molecule has 0 radical (unpaired) electrons. The molecule has 0 spiro atoms. The predicted octanol–water partition coefficient (Wildman–Crippen LogP) is 2.27. The number of rotatable bonds is 4. The number of likely N-dealkylation sites (tertiary alicyclic amines) is 1. The van der Waals surface area contributed by atoms with Crippen molar-refractivity contribution in [1.82, 2.24) is 10.2 Å². The molecule has 0 bridgehead atoms. The molecule has 3 heteroatoms. The Morgan fingerprint density at radius 2 is 1.94 bits per heavy atom. The SMILES string of the molecule is COC(C)CN1CCCCCC1C1CCNCC1. The van der Waals surface area contributed by atoms with Crippen LogP contribution < -0.4 is 5.32 Å². The molecule has 0 saturated carbocycles. The zero-order chi connectivity index (χ0) is 12.8. The van der Waals surface area contributed by atoms with Crippen molar-refractivity contribution in [2.24, 2.45) is 5.92 Å². The Labute approximate surface area is 112 Å². The van der Waals surface area contributed by atoms with Crippen molar-refractivity contribution >= 4 is 0 Å². The second-order valence-electron chi connectivity index (χ2n) is 6.05. The lowest BCUT2D eigenvalue weighted by molar-refractivity contribution is 0.0411. The van der Waals surface area contributed by atoms with Gasteiger partial charge in [-0.05, 0) is 58.2 Å². The smallest absolute Gasteiger partial charge is 0.0670 e. The van der Waals surface area contributed by atoms with Crippen LogP contribution in [0.25, 0.3) is 0 Å². The van der Waals surface area contributed by atoms with E-state index in [1.165, 1.54) is 58.2 Å². The molecule has 2 aliphatic heterocycles. The molecule has 2 saturated heterocycles. The van der Waals surface area contributed by atoms with Crippen molar-refractivity contribution in [3.63, 3.8) is 0 Å². The summed E-state index contributed by atoms with van der Waals surface area (Å²) in [5.41, 5.74) is 0. The zero-order valence-electron chi connectivity index (χ0n) is 12.2. The first kappa shape index (κ1) is 14.3. The highest BCUT2D eigenvalue weighted by atomic mass is 16.5. The van der Waals surface area contributed by atoms with Crippen LogP contribution in [0.3, 0.4) is 0 Å². The van der Waals surface area contributed by atoms with Gasteiger partial charge in [-0.2, -0.15) is 0 Å². The monoisotopic (exact) mass is 254 g/mol. The van der Waals surface area contributed by atoms with Gasteiger partial charge in [-0.1, -0.05) is 12.8 Å². The maximum Gasteiger partial charge on any atom is 0.0670 e. The van der Waals surface area contributed by atoms with Gasteiger partial charge >= 0.3 is 0 Å². The normalized spacial score (nSPS) is 30.0. The first-order valence-electron chi connectivity index (χ1n) is 7.79. The van der Waals surface area contributed by atoms with Gasteiger partial charge in [0.1, 0.15) is 0 Å². The molecule has 0 aromatic heterocycles. The van der Waals surface area contributed by atoms with Crippen LogP contribution in [-0.2, 0) is 4.74 Å². The Morgan fingerprint density at radius 1 is 1.17 bits per heavy atom. The average Bonchev–Trinajstić information content (AvgIpc) is 2.65. The zero-order valence-corrected chi connectivity index (χ0v) is 12.2. The van der Waals surface area contributed by atoms with E-state index in [4.69, 9.17) is 4.74 Å². The van der Waals surface area contributed by atoms with Gasteiger partial charge in [-0.25, -0.2) is 0 Å². The highest BCUT2D eigenvalue weighted by Gasteiger charge is 2.30. The number of nitrogens with one attached hydrogen (secondary N) is 1. The quantitative estimate of drug-likeness (QED) is 0.833. The standard InChI is InChI=1S/C15H30N2O/c1-13(18-2)12-17-11-5-3-4-6-15(17)14-7-9-16-10-8-14/h13-16H,3-12H2,1-2H3. The van der Waals surface area contributed by atoms with E-state index in [-0.39, 0.29) is 0 Å². The Balaban J connectivity index is 1.96. The largest absolute Gasteiger partial charge is 0.380 e. The number of nitrogens with zero attached hydrogens (tertiary/aromatic N) is 1. The van der Waals surface area contributed by atoms with E-state index in [1.807, 2.05) is 7.11 Å². The van der Waals surface area contributed by atoms with Crippen molar-refractivity contribution in [3.05, 3.63) is 0 Å². The highest BCUT2D eigenvalue weighted by molar-refractivity contribution is 4.85. The Hall–Kier alpha value is -0.120. The van der Waals surface area contributed by atoms with Gasteiger partial charge in [0.25, 0.3) is 0 Å². The number of hydrogen-bond donors (Lipinski definition) is 1. The van der Waals surface area contributed by atoms with E-state index in [0.717, 1.165) is 18.5 Å². The molecule has 2 rings (SSSR count). The second kappa shape index (κ2) is 7.46. The summed E-state index contributed by atoms with van der Waals surface area (Å²) in [5.74, 6) is 0.911. The van der Waals surface area contributed by atoms with Gasteiger partial charge in [0.05, 0.1) is 6.10 Å². The van der Waals surface area contributed by atoms with Crippen LogP contribution in [0.1, 0.15) is 45.4 Å². The maximum absolute atomic E-state index is 5.48. The lowest BCUT2D eigenvalue weighted by atomic mass is 9.86. The first-order chi connectivity index (χ1) is 8.81. The topological polar surface area (TPSA) is 24.5 Å². The van der Waals surface area contributed by atoms with Crippen LogP contribution in [-0.4, -0.2) is 50.3 Å². The minimum Gasteiger partial charge on any atom is -0.380 e. The Morgan fingerprint density at radius 3 is 2.67 bits per heavy atom. The maximum atomic E-state index is 5.48. The molecule has 2 atom stereocenters. The first-order valence-corrected chi connectivity index (χ1v) is 7.79. The fraction of sp³-hybridized carbons (Fsp3) is 1.00. The summed E-state index contributed by atoms with van der Waals surface area (Å²) in [6.07, 6.45) is 8.71. The summed E-state index contributed by atoms with van der Waals surface area (Å²) < 4.78 is 5.48. The average molecular weight is 254 g/mol. The molecule has 0 aromatic rings. The fourth-order valence-corrected chi connectivity index (χ4v) is 3.59. The molecule has 18 heavy (non-hydrogen) atoms. The molecule has 0 aromatic carbocycles. The van der Waals surface area contributed by atoms with E-state index in [2.05, 4.69) is 17.1 Å². The van der Waals surface area contributed by atoms with Crippen molar-refractivity contribution in [2.45, 2.75) is 57.6 Å². The number of hydrogen-bond acceptors (Lipinski definition) is 3. The van der Waals surface area contributed by atoms with Gasteiger partial charge in [-0.3, -0.25) is 4.90 Å². The third-order valence-electron chi connectivity index (χ3n) is 4.74. The van der Waals surface area contributed by atoms with E-state index in [0.29, 0.717) is 6.10 Å². The number of piperidine rings is 1.